The first-order chi connectivity index (χ1) is 11.1. The summed E-state index contributed by atoms with van der Waals surface area (Å²) in [4.78, 5) is 21.2. The molecule has 0 amide bonds. The van der Waals surface area contributed by atoms with Crippen molar-refractivity contribution in [3.63, 3.8) is 0 Å². The lowest BCUT2D eigenvalue weighted by Gasteiger charge is -2.18. The maximum absolute atomic E-state index is 12.4. The number of aliphatic hydroxyl groups excluding tert-OH is 1. The first-order valence-electron chi connectivity index (χ1n) is 6.63. The zero-order chi connectivity index (χ0) is 18.1. The summed E-state index contributed by atoms with van der Waals surface area (Å²) in [6.45, 7) is 0. The van der Waals surface area contributed by atoms with E-state index in [2.05, 4.69) is 0 Å². The molecule has 0 aliphatic rings. The second kappa shape index (κ2) is 7.13. The Morgan fingerprint density at radius 2 is 1.75 bits per heavy atom. The van der Waals surface area contributed by atoms with Crippen LogP contribution in [0.1, 0.15) is 22.0 Å². The molecule has 0 aliphatic carbocycles. The molecule has 2 atom stereocenters. The Balaban J connectivity index is 2.31. The number of hydrogen-bond donors (Lipinski definition) is 4. The molecule has 2 aromatic rings. The second-order valence-corrected chi connectivity index (χ2v) is 8.18. The molecule has 9 heteroatoms. The fraction of sp³-hybridized carbons (Fsp3) is 0.133. The van der Waals surface area contributed by atoms with Gasteiger partial charge in [0.2, 0.25) is 7.37 Å². The van der Waals surface area contributed by atoms with Crippen molar-refractivity contribution in [3.8, 4) is 5.75 Å². The van der Waals surface area contributed by atoms with Crippen LogP contribution in [0, 0.1) is 0 Å². The Morgan fingerprint density at radius 3 is 2.25 bits per heavy atom. The third-order valence-electron chi connectivity index (χ3n) is 3.32. The first-order valence-corrected chi connectivity index (χ1v) is 9.23. The molecule has 2 unspecified atom stereocenters. The van der Waals surface area contributed by atoms with Crippen molar-refractivity contribution in [3.05, 3.63) is 57.6 Å². The van der Waals surface area contributed by atoms with Gasteiger partial charge in [-0.15, -0.1) is 0 Å². The minimum atomic E-state index is -3.97. The lowest BCUT2D eigenvalue weighted by atomic mass is 10.1. The van der Waals surface area contributed by atoms with Crippen molar-refractivity contribution >= 4 is 41.8 Å². The standard InChI is InChI=1S/C15H13Cl2O6P/c16-11-4-8(5-12(17)14(11)15(20)21)13(19)7-24(22,23)10-3-1-2-9(18)6-10/h1-6,13,18-19H,7H2,(H,20,21)(H,22,23). The van der Waals surface area contributed by atoms with Crippen molar-refractivity contribution in [2.24, 2.45) is 0 Å². The van der Waals surface area contributed by atoms with Gasteiger partial charge < -0.3 is 20.2 Å². The number of phenols is 1. The van der Waals surface area contributed by atoms with E-state index in [9.17, 15) is 24.5 Å². The molecule has 0 aromatic heterocycles. The summed E-state index contributed by atoms with van der Waals surface area (Å²) in [5.74, 6) is -1.49. The van der Waals surface area contributed by atoms with Gasteiger partial charge in [-0.3, -0.25) is 4.57 Å². The van der Waals surface area contributed by atoms with Crippen LogP contribution in [0.25, 0.3) is 0 Å². The smallest absolute Gasteiger partial charge is 0.338 e. The Morgan fingerprint density at radius 1 is 1.17 bits per heavy atom. The molecular formula is C15H13Cl2O6P. The summed E-state index contributed by atoms with van der Waals surface area (Å²) in [5, 5.41) is 28.2. The number of halogens is 2. The van der Waals surface area contributed by atoms with Crippen LogP contribution in [0.15, 0.2) is 36.4 Å². The van der Waals surface area contributed by atoms with Crippen LogP contribution in [-0.2, 0) is 4.57 Å². The molecule has 0 aliphatic heterocycles. The molecule has 0 saturated carbocycles. The molecule has 2 aromatic carbocycles. The molecule has 0 spiro atoms. The molecule has 0 radical (unpaired) electrons. The number of carbonyl (C=O) groups is 1. The molecule has 0 saturated heterocycles. The van der Waals surface area contributed by atoms with Crippen molar-refractivity contribution in [2.45, 2.75) is 6.10 Å². The maximum Gasteiger partial charge on any atom is 0.338 e. The van der Waals surface area contributed by atoms with E-state index in [4.69, 9.17) is 28.3 Å². The van der Waals surface area contributed by atoms with E-state index >= 15 is 0 Å². The molecule has 0 fully saturated rings. The number of benzene rings is 2. The van der Waals surface area contributed by atoms with Crippen LogP contribution >= 0.6 is 30.6 Å². The summed E-state index contributed by atoms with van der Waals surface area (Å²) in [7, 11) is -3.97. The number of carboxylic acid groups (broad SMARTS) is 1. The van der Waals surface area contributed by atoms with Gasteiger partial charge in [-0.25, -0.2) is 4.79 Å². The van der Waals surface area contributed by atoms with Gasteiger partial charge in [0.25, 0.3) is 0 Å². The highest BCUT2D eigenvalue weighted by molar-refractivity contribution is 7.66. The highest BCUT2D eigenvalue weighted by atomic mass is 35.5. The van der Waals surface area contributed by atoms with Gasteiger partial charge in [-0.05, 0) is 35.9 Å². The van der Waals surface area contributed by atoms with Crippen LogP contribution in [0.5, 0.6) is 5.75 Å². The third-order valence-corrected chi connectivity index (χ3v) is 5.84. The highest BCUT2D eigenvalue weighted by Gasteiger charge is 2.28. The van der Waals surface area contributed by atoms with Crippen LogP contribution in [0.2, 0.25) is 10.0 Å². The van der Waals surface area contributed by atoms with E-state index in [0.717, 1.165) is 6.07 Å². The number of phenolic OH excluding ortho intramolecular Hbond substituents is 1. The van der Waals surface area contributed by atoms with E-state index in [1.54, 1.807) is 0 Å². The van der Waals surface area contributed by atoms with Crippen LogP contribution in [0.4, 0.5) is 0 Å². The van der Waals surface area contributed by atoms with Gasteiger partial charge in [-0.2, -0.15) is 0 Å². The maximum atomic E-state index is 12.4. The number of hydrogen-bond acceptors (Lipinski definition) is 4. The summed E-state index contributed by atoms with van der Waals surface area (Å²) in [6.07, 6.45) is -1.95. The number of rotatable bonds is 5. The topological polar surface area (TPSA) is 115 Å². The Bertz CT molecular complexity index is 815. The molecule has 0 bridgehead atoms. The van der Waals surface area contributed by atoms with E-state index in [1.807, 2.05) is 0 Å². The van der Waals surface area contributed by atoms with E-state index < -0.39 is 25.6 Å². The number of aromatic carboxylic acids is 1. The lowest BCUT2D eigenvalue weighted by Crippen LogP contribution is -2.13. The normalized spacial score (nSPS) is 14.8. The molecule has 0 heterocycles. The fourth-order valence-electron chi connectivity index (χ4n) is 2.15. The molecule has 2 rings (SSSR count). The average molecular weight is 391 g/mol. The third kappa shape index (κ3) is 4.09. The van der Waals surface area contributed by atoms with Crippen LogP contribution in [0.3, 0.4) is 0 Å². The molecule has 24 heavy (non-hydrogen) atoms. The van der Waals surface area contributed by atoms with Crippen molar-refractivity contribution in [1.29, 1.82) is 0 Å². The molecule has 6 nitrogen and oxygen atoms in total. The first kappa shape index (κ1) is 18.8. The predicted molar refractivity (Wildman–Crippen MR) is 90.8 cm³/mol. The summed E-state index contributed by atoms with van der Waals surface area (Å²) < 4.78 is 12.4. The quantitative estimate of drug-likeness (QED) is 0.583. The zero-order valence-corrected chi connectivity index (χ0v) is 14.5. The predicted octanol–water partition coefficient (Wildman–Crippen LogP) is 3.03. The molecule has 4 N–H and O–H groups in total. The summed E-state index contributed by atoms with van der Waals surface area (Å²) >= 11 is 11.7. The Labute approximate surface area is 147 Å². The molecular weight excluding hydrogens is 378 g/mol. The van der Waals surface area contributed by atoms with Gasteiger partial charge in [0.15, 0.2) is 0 Å². The van der Waals surface area contributed by atoms with Crippen molar-refractivity contribution < 1.29 is 29.6 Å². The van der Waals surface area contributed by atoms with Gasteiger partial charge >= 0.3 is 5.97 Å². The minimum absolute atomic E-state index is 0.0131. The zero-order valence-electron chi connectivity index (χ0n) is 12.1. The van der Waals surface area contributed by atoms with Gasteiger partial charge in [-0.1, -0.05) is 29.3 Å². The summed E-state index contributed by atoms with van der Waals surface area (Å²) in [6, 6.07) is 7.63. The second-order valence-electron chi connectivity index (χ2n) is 5.08. The SMILES string of the molecule is O=C(O)c1c(Cl)cc(C(O)CP(=O)(O)c2cccc(O)c2)cc1Cl. The lowest BCUT2D eigenvalue weighted by molar-refractivity contribution is 0.0697. The number of carboxylic acids is 1. The van der Waals surface area contributed by atoms with Crippen LogP contribution < -0.4 is 5.30 Å². The van der Waals surface area contributed by atoms with E-state index in [0.29, 0.717) is 0 Å². The molecule has 128 valence electrons. The van der Waals surface area contributed by atoms with Crippen molar-refractivity contribution in [1.82, 2.24) is 0 Å². The largest absolute Gasteiger partial charge is 0.508 e. The fourth-order valence-corrected chi connectivity index (χ4v) is 4.35. The minimum Gasteiger partial charge on any atom is -0.508 e. The van der Waals surface area contributed by atoms with Crippen LogP contribution in [-0.4, -0.2) is 32.3 Å². The number of aromatic hydroxyl groups is 1. The van der Waals surface area contributed by atoms with Gasteiger partial charge in [0, 0.05) is 5.30 Å². The van der Waals surface area contributed by atoms with E-state index in [-0.39, 0.29) is 32.2 Å². The van der Waals surface area contributed by atoms with Gasteiger partial charge in [0.1, 0.15) is 5.75 Å². The average Bonchev–Trinajstić information content (AvgIpc) is 2.45. The number of aliphatic hydroxyl groups is 1. The highest BCUT2D eigenvalue weighted by Crippen LogP contribution is 2.44. The van der Waals surface area contributed by atoms with Crippen molar-refractivity contribution in [2.75, 3.05) is 6.16 Å². The Kier molecular flexibility index (Phi) is 5.58. The Hall–Kier alpha value is -1.56. The monoisotopic (exact) mass is 390 g/mol. The van der Waals surface area contributed by atoms with Gasteiger partial charge in [0.05, 0.1) is 27.9 Å². The van der Waals surface area contributed by atoms with E-state index in [1.165, 1.54) is 30.3 Å². The summed E-state index contributed by atoms with van der Waals surface area (Å²) in [5.41, 5.74) is -0.195.